The number of carboxylic acid groups (broad SMARTS) is 1. The Hall–Kier alpha value is -1.84. The molecule has 0 spiro atoms. The van der Waals surface area contributed by atoms with Crippen molar-refractivity contribution in [3.8, 4) is 0 Å². The Balaban J connectivity index is 1.97. The number of nitrogens with zero attached hydrogens (tertiary/aromatic N) is 1. The van der Waals surface area contributed by atoms with Gasteiger partial charge in [0.05, 0.1) is 5.71 Å². The van der Waals surface area contributed by atoms with Gasteiger partial charge in [-0.3, -0.25) is 0 Å². The smallest absolute Gasteiger partial charge is 0.344 e. The standard InChI is InChI=1S/C13H15NO3/c1-9(14-17-8-13(15)16)10-2-4-11(5-3-10)12-6-7-12/h2-5,12H,6-8H2,1H3,(H,15,16)/b14-9-. The Kier molecular flexibility index (Phi) is 3.42. The molecule has 0 aliphatic heterocycles. The largest absolute Gasteiger partial charge is 0.479 e. The Bertz CT molecular complexity index is 432. The third-order valence-electron chi connectivity index (χ3n) is 2.77. The highest BCUT2D eigenvalue weighted by molar-refractivity contribution is 5.98. The summed E-state index contributed by atoms with van der Waals surface area (Å²) in [5.41, 5.74) is 3.02. The first kappa shape index (κ1) is 11.6. The lowest BCUT2D eigenvalue weighted by molar-refractivity contribution is -0.142. The third kappa shape index (κ3) is 3.31. The molecule has 1 aliphatic carbocycles. The second-order valence-electron chi connectivity index (χ2n) is 4.24. The van der Waals surface area contributed by atoms with Crippen molar-refractivity contribution >= 4 is 11.7 Å². The molecule has 0 amide bonds. The molecule has 1 saturated carbocycles. The quantitative estimate of drug-likeness (QED) is 0.627. The predicted octanol–water partition coefficient (Wildman–Crippen LogP) is 2.39. The van der Waals surface area contributed by atoms with Gasteiger partial charge in [-0.05, 0) is 36.8 Å². The summed E-state index contributed by atoms with van der Waals surface area (Å²) in [6.45, 7) is 1.39. The monoisotopic (exact) mass is 233 g/mol. The van der Waals surface area contributed by atoms with Crippen molar-refractivity contribution in [2.45, 2.75) is 25.7 Å². The van der Waals surface area contributed by atoms with Crippen LogP contribution in [0.25, 0.3) is 0 Å². The molecule has 0 radical (unpaired) electrons. The van der Waals surface area contributed by atoms with Crippen LogP contribution in [0.15, 0.2) is 29.4 Å². The highest BCUT2D eigenvalue weighted by Gasteiger charge is 2.22. The molecule has 0 atom stereocenters. The molecule has 1 N–H and O–H groups in total. The summed E-state index contributed by atoms with van der Waals surface area (Å²) in [5, 5.41) is 12.2. The van der Waals surface area contributed by atoms with E-state index < -0.39 is 12.6 Å². The van der Waals surface area contributed by atoms with Crippen LogP contribution < -0.4 is 0 Å². The van der Waals surface area contributed by atoms with Crippen molar-refractivity contribution in [2.24, 2.45) is 5.16 Å². The number of carboxylic acids is 1. The van der Waals surface area contributed by atoms with E-state index >= 15 is 0 Å². The van der Waals surface area contributed by atoms with Crippen LogP contribution in [0.5, 0.6) is 0 Å². The van der Waals surface area contributed by atoms with Gasteiger partial charge in [-0.25, -0.2) is 4.79 Å². The van der Waals surface area contributed by atoms with Gasteiger partial charge >= 0.3 is 5.97 Å². The molecule has 17 heavy (non-hydrogen) atoms. The fourth-order valence-corrected chi connectivity index (χ4v) is 1.65. The number of rotatable bonds is 5. The van der Waals surface area contributed by atoms with E-state index in [1.54, 1.807) is 6.92 Å². The number of hydrogen-bond acceptors (Lipinski definition) is 3. The first-order valence-electron chi connectivity index (χ1n) is 5.65. The van der Waals surface area contributed by atoms with Crippen LogP contribution in [-0.2, 0) is 9.63 Å². The highest BCUT2D eigenvalue weighted by Crippen LogP contribution is 2.39. The van der Waals surface area contributed by atoms with Gasteiger partial charge in [-0.15, -0.1) is 0 Å². The van der Waals surface area contributed by atoms with Crippen molar-refractivity contribution in [2.75, 3.05) is 6.61 Å². The van der Waals surface area contributed by atoms with E-state index in [1.165, 1.54) is 18.4 Å². The molecule has 0 heterocycles. The number of benzene rings is 1. The van der Waals surface area contributed by atoms with Gasteiger partial charge < -0.3 is 9.94 Å². The van der Waals surface area contributed by atoms with E-state index in [1.807, 2.05) is 12.1 Å². The first-order chi connectivity index (χ1) is 8.16. The highest BCUT2D eigenvalue weighted by atomic mass is 16.6. The zero-order valence-electron chi connectivity index (χ0n) is 9.72. The molecule has 1 aromatic rings. The lowest BCUT2D eigenvalue weighted by atomic mass is 10.1. The zero-order valence-corrected chi connectivity index (χ0v) is 9.72. The van der Waals surface area contributed by atoms with Crippen molar-refractivity contribution in [3.63, 3.8) is 0 Å². The molecule has 1 fully saturated rings. The maximum atomic E-state index is 10.2. The molecule has 1 aromatic carbocycles. The number of carbonyl (C=O) groups is 1. The molecule has 4 heteroatoms. The van der Waals surface area contributed by atoms with Gasteiger partial charge in [0.1, 0.15) is 0 Å². The normalized spacial score (nSPS) is 15.7. The second-order valence-corrected chi connectivity index (χ2v) is 4.24. The van der Waals surface area contributed by atoms with Crippen LogP contribution in [0.3, 0.4) is 0 Å². The van der Waals surface area contributed by atoms with Crippen molar-refractivity contribution in [3.05, 3.63) is 35.4 Å². The van der Waals surface area contributed by atoms with E-state index in [0.717, 1.165) is 11.5 Å². The van der Waals surface area contributed by atoms with Crippen LogP contribution in [0.1, 0.15) is 36.8 Å². The summed E-state index contributed by atoms with van der Waals surface area (Å²) in [7, 11) is 0. The summed E-state index contributed by atoms with van der Waals surface area (Å²) >= 11 is 0. The number of oxime groups is 1. The van der Waals surface area contributed by atoms with E-state index in [4.69, 9.17) is 5.11 Å². The van der Waals surface area contributed by atoms with Crippen molar-refractivity contribution in [1.29, 1.82) is 0 Å². The average molecular weight is 233 g/mol. The Morgan fingerprint density at radius 1 is 1.41 bits per heavy atom. The predicted molar refractivity (Wildman–Crippen MR) is 64.2 cm³/mol. The SMILES string of the molecule is C/C(=N/OCC(=O)O)c1ccc(C2CC2)cc1. The molecule has 4 nitrogen and oxygen atoms in total. The van der Waals surface area contributed by atoms with Gasteiger partial charge in [-0.1, -0.05) is 29.4 Å². The van der Waals surface area contributed by atoms with Crippen LogP contribution in [-0.4, -0.2) is 23.4 Å². The summed E-state index contributed by atoms with van der Waals surface area (Å²) in [6, 6.07) is 8.19. The topological polar surface area (TPSA) is 58.9 Å². The Labute approximate surface area is 99.9 Å². The van der Waals surface area contributed by atoms with Gasteiger partial charge in [-0.2, -0.15) is 0 Å². The van der Waals surface area contributed by atoms with Gasteiger partial charge in [0.25, 0.3) is 0 Å². The minimum Gasteiger partial charge on any atom is -0.479 e. The minimum atomic E-state index is -1.02. The van der Waals surface area contributed by atoms with Crippen molar-refractivity contribution < 1.29 is 14.7 Å². The molecule has 0 bridgehead atoms. The molecule has 0 saturated heterocycles. The number of aliphatic carboxylic acids is 1. The molecular weight excluding hydrogens is 218 g/mol. The van der Waals surface area contributed by atoms with Gasteiger partial charge in [0, 0.05) is 0 Å². The average Bonchev–Trinajstić information content (AvgIpc) is 3.12. The van der Waals surface area contributed by atoms with E-state index in [2.05, 4.69) is 22.1 Å². The van der Waals surface area contributed by atoms with Crippen LogP contribution in [0, 0.1) is 0 Å². The Morgan fingerprint density at radius 3 is 2.59 bits per heavy atom. The maximum Gasteiger partial charge on any atom is 0.344 e. The first-order valence-corrected chi connectivity index (χ1v) is 5.65. The van der Waals surface area contributed by atoms with Crippen LogP contribution in [0.4, 0.5) is 0 Å². The minimum absolute atomic E-state index is 0.405. The summed E-state index contributed by atoms with van der Waals surface area (Å²) in [4.78, 5) is 14.9. The second kappa shape index (κ2) is 4.99. The fourth-order valence-electron chi connectivity index (χ4n) is 1.65. The Morgan fingerprint density at radius 2 is 2.06 bits per heavy atom. The van der Waals surface area contributed by atoms with E-state index in [9.17, 15) is 4.79 Å². The molecule has 90 valence electrons. The lowest BCUT2D eigenvalue weighted by Crippen LogP contribution is -2.05. The van der Waals surface area contributed by atoms with Gasteiger partial charge in [0.15, 0.2) is 0 Å². The summed E-state index contributed by atoms with van der Waals surface area (Å²) < 4.78 is 0. The van der Waals surface area contributed by atoms with E-state index in [0.29, 0.717) is 5.71 Å². The zero-order chi connectivity index (χ0) is 12.3. The molecule has 2 rings (SSSR count). The summed E-state index contributed by atoms with van der Waals surface area (Å²) in [5.74, 6) is -0.282. The summed E-state index contributed by atoms with van der Waals surface area (Å²) in [6.07, 6.45) is 2.57. The maximum absolute atomic E-state index is 10.2. The van der Waals surface area contributed by atoms with E-state index in [-0.39, 0.29) is 0 Å². The van der Waals surface area contributed by atoms with Crippen molar-refractivity contribution in [1.82, 2.24) is 0 Å². The number of hydrogen-bond donors (Lipinski definition) is 1. The lowest BCUT2D eigenvalue weighted by Gasteiger charge is -2.02. The van der Waals surface area contributed by atoms with Gasteiger partial charge in [0.2, 0.25) is 6.61 Å². The van der Waals surface area contributed by atoms with Crippen LogP contribution in [0.2, 0.25) is 0 Å². The molecular formula is C13H15NO3. The molecule has 1 aliphatic rings. The fraction of sp³-hybridized carbons (Fsp3) is 0.385. The molecule has 0 unspecified atom stereocenters. The third-order valence-corrected chi connectivity index (χ3v) is 2.77. The molecule has 0 aromatic heterocycles. The van der Waals surface area contributed by atoms with Crippen LogP contribution >= 0.6 is 0 Å².